The van der Waals surface area contributed by atoms with Gasteiger partial charge in [-0.2, -0.15) is 0 Å². The molecule has 1 amide bonds. The monoisotopic (exact) mass is 442 g/mol. The van der Waals surface area contributed by atoms with Gasteiger partial charge in [0.05, 0.1) is 25.3 Å². The van der Waals surface area contributed by atoms with E-state index >= 15 is 0 Å². The first-order valence-corrected chi connectivity index (χ1v) is 10.7. The van der Waals surface area contributed by atoms with Gasteiger partial charge in [0.1, 0.15) is 17.7 Å². The maximum absolute atomic E-state index is 13.0. The molecule has 2 aromatic carbocycles. The van der Waals surface area contributed by atoms with Crippen LogP contribution in [-0.2, 0) is 9.53 Å². The Kier molecular flexibility index (Phi) is 6.60. The summed E-state index contributed by atoms with van der Waals surface area (Å²) < 4.78 is 23.7. The number of methoxy groups -OCH3 is 1. The lowest BCUT2D eigenvalue weighted by atomic mass is 9.78. The summed E-state index contributed by atoms with van der Waals surface area (Å²) in [4.78, 5) is 26.0. The third-order valence-corrected chi connectivity index (χ3v) is 6.29. The molecule has 32 heavy (non-hydrogen) atoms. The number of amides is 1. The number of ether oxygens (including phenoxy) is 2. The van der Waals surface area contributed by atoms with E-state index < -0.39 is 12.1 Å². The van der Waals surface area contributed by atoms with Gasteiger partial charge in [0.2, 0.25) is 5.91 Å². The molecule has 2 aromatic rings. The van der Waals surface area contributed by atoms with E-state index in [4.69, 9.17) is 9.47 Å². The quantitative estimate of drug-likeness (QED) is 0.669. The zero-order valence-electron chi connectivity index (χ0n) is 17.9. The van der Waals surface area contributed by atoms with Crippen LogP contribution in [0.25, 0.3) is 0 Å². The van der Waals surface area contributed by atoms with Gasteiger partial charge in [-0.3, -0.25) is 4.79 Å². The zero-order valence-corrected chi connectivity index (χ0v) is 17.9. The number of carbonyl (C=O) groups is 2. The number of nitrogens with one attached hydrogen (secondary N) is 1. The number of fused-ring (bicyclic) bond motifs is 1. The van der Waals surface area contributed by atoms with Crippen molar-refractivity contribution in [2.75, 3.05) is 32.1 Å². The third kappa shape index (κ3) is 5.02. The zero-order chi connectivity index (χ0) is 22.7. The van der Waals surface area contributed by atoms with Crippen LogP contribution in [0.3, 0.4) is 0 Å². The number of anilines is 1. The summed E-state index contributed by atoms with van der Waals surface area (Å²) >= 11 is 0. The van der Waals surface area contributed by atoms with Crippen molar-refractivity contribution in [3.63, 3.8) is 0 Å². The lowest BCUT2D eigenvalue weighted by Crippen LogP contribution is -2.42. The highest BCUT2D eigenvalue weighted by Crippen LogP contribution is 2.38. The molecule has 8 heteroatoms. The van der Waals surface area contributed by atoms with Crippen LogP contribution in [0.5, 0.6) is 5.75 Å². The molecule has 1 saturated carbocycles. The average molecular weight is 442 g/mol. The number of rotatable bonds is 6. The Bertz CT molecular complexity index is 950. The Hall–Kier alpha value is -3.13. The molecule has 0 aromatic heterocycles. The van der Waals surface area contributed by atoms with Crippen molar-refractivity contribution in [2.45, 2.75) is 25.0 Å². The molecule has 7 nitrogen and oxygen atoms in total. The number of benzene rings is 2. The Morgan fingerprint density at radius 3 is 2.38 bits per heavy atom. The number of likely N-dealkylation sites (tertiary alicyclic amines) is 1. The minimum Gasteiger partial charge on any atom is -0.488 e. The second-order valence-electron chi connectivity index (χ2n) is 8.39. The van der Waals surface area contributed by atoms with Crippen molar-refractivity contribution < 1.29 is 28.6 Å². The number of nitrogens with zero attached hydrogens (tertiary/aromatic N) is 1. The van der Waals surface area contributed by atoms with Crippen molar-refractivity contribution in [2.24, 2.45) is 11.8 Å². The van der Waals surface area contributed by atoms with E-state index in [1.54, 1.807) is 36.4 Å². The molecule has 1 saturated heterocycles. The first-order valence-electron chi connectivity index (χ1n) is 10.7. The van der Waals surface area contributed by atoms with Crippen molar-refractivity contribution >= 4 is 17.6 Å². The second kappa shape index (κ2) is 9.56. The summed E-state index contributed by atoms with van der Waals surface area (Å²) in [5.41, 5.74) is 1.13. The van der Waals surface area contributed by atoms with Gasteiger partial charge in [-0.15, -0.1) is 0 Å². The van der Waals surface area contributed by atoms with Gasteiger partial charge in [-0.1, -0.05) is 0 Å². The summed E-state index contributed by atoms with van der Waals surface area (Å²) in [5.74, 6) is 0.319. The van der Waals surface area contributed by atoms with Crippen molar-refractivity contribution in [3.8, 4) is 5.75 Å². The van der Waals surface area contributed by atoms with Crippen LogP contribution < -0.4 is 10.1 Å². The molecule has 2 fully saturated rings. The second-order valence-corrected chi connectivity index (χ2v) is 8.39. The van der Waals surface area contributed by atoms with E-state index in [1.165, 1.54) is 19.2 Å². The summed E-state index contributed by atoms with van der Waals surface area (Å²) in [6, 6.07) is 12.5. The lowest BCUT2D eigenvalue weighted by molar-refractivity contribution is -0.128. The number of hydrogen-bond acceptors (Lipinski definition) is 6. The van der Waals surface area contributed by atoms with E-state index in [2.05, 4.69) is 5.32 Å². The van der Waals surface area contributed by atoms with E-state index in [0.717, 1.165) is 0 Å². The molecule has 2 aliphatic rings. The van der Waals surface area contributed by atoms with E-state index in [1.807, 2.05) is 4.90 Å². The number of aliphatic hydroxyl groups is 1. The largest absolute Gasteiger partial charge is 0.488 e. The van der Waals surface area contributed by atoms with Crippen LogP contribution >= 0.6 is 0 Å². The molecule has 4 rings (SSSR count). The molecule has 2 N–H and O–H groups in total. The molecular formula is C24H27FN2O5. The van der Waals surface area contributed by atoms with Crippen LogP contribution in [0, 0.1) is 17.7 Å². The molecule has 1 aliphatic carbocycles. The fourth-order valence-corrected chi connectivity index (χ4v) is 4.54. The smallest absolute Gasteiger partial charge is 0.337 e. The van der Waals surface area contributed by atoms with E-state index in [9.17, 15) is 19.1 Å². The summed E-state index contributed by atoms with van der Waals surface area (Å²) in [6.45, 7) is 1.38. The number of esters is 1. The Balaban J connectivity index is 1.30. The average Bonchev–Trinajstić information content (AvgIpc) is 3.21. The normalized spacial score (nSPS) is 24.5. The van der Waals surface area contributed by atoms with Crippen molar-refractivity contribution in [1.82, 2.24) is 4.90 Å². The first-order chi connectivity index (χ1) is 15.4. The number of halogens is 1. The molecule has 170 valence electrons. The molecule has 0 bridgehead atoms. The predicted octanol–water partition coefficient (Wildman–Crippen LogP) is 2.70. The molecule has 0 radical (unpaired) electrons. The van der Waals surface area contributed by atoms with Crippen LogP contribution in [-0.4, -0.2) is 60.8 Å². The van der Waals surface area contributed by atoms with E-state index in [0.29, 0.717) is 42.9 Å². The number of aliphatic hydroxyl groups excluding tert-OH is 1. The maximum atomic E-state index is 13.0. The standard InChI is InChI=1S/C24H27FN2O5/c1-31-24(30)15-2-8-20(9-3-15)32-22-11-17-14-27(13-16(17)10-21(22)28)23(29)12-26-19-6-4-18(25)5-7-19/h2-9,16-17,21-22,26,28H,10-14H2,1H3/t16-,17+,21-,22-/m0/s1. The Morgan fingerprint density at radius 1 is 1.06 bits per heavy atom. The van der Waals surface area contributed by atoms with Gasteiger partial charge >= 0.3 is 5.97 Å². The molecule has 4 atom stereocenters. The molecule has 1 aliphatic heterocycles. The highest BCUT2D eigenvalue weighted by atomic mass is 19.1. The Morgan fingerprint density at radius 2 is 1.72 bits per heavy atom. The summed E-state index contributed by atoms with van der Waals surface area (Å²) in [5, 5.41) is 13.6. The summed E-state index contributed by atoms with van der Waals surface area (Å²) in [7, 11) is 1.33. The van der Waals surface area contributed by atoms with Crippen LogP contribution in [0.2, 0.25) is 0 Å². The topological polar surface area (TPSA) is 88.1 Å². The van der Waals surface area contributed by atoms with Crippen LogP contribution in [0.15, 0.2) is 48.5 Å². The fourth-order valence-electron chi connectivity index (χ4n) is 4.54. The molecular weight excluding hydrogens is 415 g/mol. The SMILES string of the molecule is COC(=O)c1ccc(O[C@H]2C[C@@H]3CN(C(=O)CNc4ccc(F)cc4)C[C@@H]3C[C@@H]2O)cc1. The van der Waals surface area contributed by atoms with Gasteiger partial charge in [-0.05, 0) is 73.2 Å². The highest BCUT2D eigenvalue weighted by molar-refractivity contribution is 5.89. The summed E-state index contributed by atoms with van der Waals surface area (Å²) in [6.07, 6.45) is 0.237. The van der Waals surface area contributed by atoms with Gasteiger partial charge < -0.3 is 24.8 Å². The van der Waals surface area contributed by atoms with Crippen molar-refractivity contribution in [3.05, 3.63) is 59.9 Å². The number of carbonyl (C=O) groups excluding carboxylic acids is 2. The van der Waals surface area contributed by atoms with Crippen LogP contribution in [0.4, 0.5) is 10.1 Å². The molecule has 1 heterocycles. The minimum atomic E-state index is -0.621. The van der Waals surface area contributed by atoms with E-state index in [-0.39, 0.29) is 36.2 Å². The molecule has 0 unspecified atom stereocenters. The number of hydrogen-bond donors (Lipinski definition) is 2. The highest BCUT2D eigenvalue weighted by Gasteiger charge is 2.43. The maximum Gasteiger partial charge on any atom is 0.337 e. The van der Waals surface area contributed by atoms with Gasteiger partial charge in [-0.25, -0.2) is 9.18 Å². The molecule has 0 spiro atoms. The van der Waals surface area contributed by atoms with Crippen LogP contribution in [0.1, 0.15) is 23.2 Å². The predicted molar refractivity (Wildman–Crippen MR) is 116 cm³/mol. The first kappa shape index (κ1) is 22.1. The minimum absolute atomic E-state index is 0.0194. The van der Waals surface area contributed by atoms with Gasteiger partial charge in [0.15, 0.2) is 0 Å². The fraction of sp³-hybridized carbons (Fsp3) is 0.417. The van der Waals surface area contributed by atoms with Gasteiger partial charge in [0, 0.05) is 18.8 Å². The third-order valence-electron chi connectivity index (χ3n) is 6.29. The van der Waals surface area contributed by atoms with Gasteiger partial charge in [0.25, 0.3) is 0 Å². The lowest BCUT2D eigenvalue weighted by Gasteiger charge is -2.35. The van der Waals surface area contributed by atoms with Crippen molar-refractivity contribution in [1.29, 1.82) is 0 Å². The Labute approximate surface area is 186 Å².